The average molecular weight is 540 g/mol. The molecule has 1 heterocycles. The third-order valence-corrected chi connectivity index (χ3v) is 8.62. The van der Waals surface area contributed by atoms with E-state index in [0.29, 0.717) is 31.8 Å². The Labute approximate surface area is 237 Å². The highest BCUT2D eigenvalue weighted by Crippen LogP contribution is 2.34. The number of aliphatic hydroxyl groups is 1. The molecular weight excluding hydrogens is 486 g/mol. The molecule has 2 aliphatic rings. The number of allylic oxidation sites excluding steroid dienone is 1. The molecule has 1 aliphatic carbocycles. The minimum Gasteiger partial charge on any atom is -0.389 e. The van der Waals surface area contributed by atoms with E-state index in [9.17, 15) is 14.7 Å². The number of nitrogens with zero attached hydrogens (tertiary/aromatic N) is 1. The van der Waals surface area contributed by atoms with Crippen molar-refractivity contribution in [3.63, 3.8) is 0 Å². The number of ether oxygens (including phenoxy) is 1. The van der Waals surface area contributed by atoms with Crippen LogP contribution < -0.4 is 0 Å². The second kappa shape index (κ2) is 16.3. The van der Waals surface area contributed by atoms with Crippen molar-refractivity contribution in [2.75, 3.05) is 6.61 Å². The molecule has 3 rings (SSSR count). The zero-order valence-electron chi connectivity index (χ0n) is 24.8. The Hall–Kier alpha value is -1.98. The number of benzene rings is 1. The number of aliphatic hydroxyl groups excluding tert-OH is 1. The van der Waals surface area contributed by atoms with Gasteiger partial charge < -0.3 is 14.7 Å². The molecule has 2 fully saturated rings. The van der Waals surface area contributed by atoms with Crippen LogP contribution in [-0.2, 0) is 20.9 Å². The number of hydrogen-bond acceptors (Lipinski definition) is 4. The van der Waals surface area contributed by atoms with E-state index < -0.39 is 0 Å². The largest absolute Gasteiger partial charge is 0.389 e. The Morgan fingerprint density at radius 2 is 1.87 bits per heavy atom. The molecule has 1 saturated heterocycles. The lowest BCUT2D eigenvalue weighted by Gasteiger charge is -2.41. The third kappa shape index (κ3) is 10.8. The van der Waals surface area contributed by atoms with E-state index in [0.717, 1.165) is 77.0 Å². The van der Waals surface area contributed by atoms with Crippen LogP contribution in [0, 0.1) is 11.8 Å². The summed E-state index contributed by atoms with van der Waals surface area (Å²) in [4.78, 5) is 28.0. The first-order chi connectivity index (χ1) is 18.8. The van der Waals surface area contributed by atoms with Crippen molar-refractivity contribution in [3.8, 4) is 0 Å². The van der Waals surface area contributed by atoms with Crippen LogP contribution in [-0.4, -0.2) is 46.1 Å². The first-order valence-electron chi connectivity index (χ1n) is 15.7. The van der Waals surface area contributed by atoms with Gasteiger partial charge in [0.1, 0.15) is 5.78 Å². The summed E-state index contributed by atoms with van der Waals surface area (Å²) in [5.41, 5.74) is 0.976. The zero-order valence-corrected chi connectivity index (χ0v) is 24.8. The van der Waals surface area contributed by atoms with Crippen LogP contribution in [0.2, 0.25) is 0 Å². The molecule has 1 N–H and O–H groups in total. The summed E-state index contributed by atoms with van der Waals surface area (Å²) >= 11 is 0. The van der Waals surface area contributed by atoms with Crippen molar-refractivity contribution < 1.29 is 19.4 Å². The summed E-state index contributed by atoms with van der Waals surface area (Å²) in [6.07, 6.45) is 16.6. The Morgan fingerprint density at radius 1 is 1.10 bits per heavy atom. The van der Waals surface area contributed by atoms with Crippen molar-refractivity contribution in [2.45, 2.75) is 135 Å². The van der Waals surface area contributed by atoms with Crippen LogP contribution in [0.1, 0.15) is 116 Å². The maximum atomic E-state index is 13.4. The standard InChI is InChI=1S/C34H53NO4/c1-4-5-9-16-30(36)21-19-28-20-22-32(37)31(28)17-12-6-7-13-18-33(38)35(26-27-14-10-8-11-15-27)29-23-24-39-34(2,3)25-29/h8,10-11,14-15,19,21,28-31,36H,4-7,9,12-13,16-18,20,22-26H2,1-3H3/t28-,29+,30+,31-/m1/s1. The Balaban J connectivity index is 1.42. The molecule has 218 valence electrons. The molecule has 1 saturated carbocycles. The fraction of sp³-hybridized carbons (Fsp3) is 0.706. The van der Waals surface area contributed by atoms with E-state index in [2.05, 4.69) is 43.9 Å². The summed E-state index contributed by atoms with van der Waals surface area (Å²) in [6.45, 7) is 7.77. The van der Waals surface area contributed by atoms with Gasteiger partial charge in [-0.2, -0.15) is 0 Å². The molecular formula is C34H53NO4. The normalized spacial score (nSPS) is 23.8. The highest BCUT2D eigenvalue weighted by molar-refractivity contribution is 5.83. The van der Waals surface area contributed by atoms with Crippen molar-refractivity contribution in [1.82, 2.24) is 4.90 Å². The van der Waals surface area contributed by atoms with E-state index in [1.807, 2.05) is 24.3 Å². The number of carbonyl (C=O) groups excluding carboxylic acids is 2. The summed E-state index contributed by atoms with van der Waals surface area (Å²) in [5.74, 6) is 1.01. The number of unbranched alkanes of at least 4 members (excludes halogenated alkanes) is 5. The predicted octanol–water partition coefficient (Wildman–Crippen LogP) is 7.41. The number of amides is 1. The lowest BCUT2D eigenvalue weighted by Crippen LogP contribution is -2.48. The van der Waals surface area contributed by atoms with Crippen LogP contribution in [0.25, 0.3) is 0 Å². The first kappa shape index (κ1) is 31.5. The number of ketones is 1. The molecule has 39 heavy (non-hydrogen) atoms. The van der Waals surface area contributed by atoms with Gasteiger partial charge in [0, 0.05) is 38.0 Å². The molecule has 1 aliphatic heterocycles. The molecule has 1 amide bonds. The summed E-state index contributed by atoms with van der Waals surface area (Å²) in [5, 5.41) is 10.2. The smallest absolute Gasteiger partial charge is 0.223 e. The zero-order chi connectivity index (χ0) is 28.1. The van der Waals surface area contributed by atoms with E-state index >= 15 is 0 Å². The van der Waals surface area contributed by atoms with Crippen molar-refractivity contribution in [2.24, 2.45) is 11.8 Å². The summed E-state index contributed by atoms with van der Waals surface area (Å²) in [6, 6.07) is 10.5. The van der Waals surface area contributed by atoms with Gasteiger partial charge in [-0.3, -0.25) is 9.59 Å². The van der Waals surface area contributed by atoms with Crippen LogP contribution in [0.4, 0.5) is 0 Å². The topological polar surface area (TPSA) is 66.8 Å². The van der Waals surface area contributed by atoms with Gasteiger partial charge in [0.2, 0.25) is 5.91 Å². The van der Waals surface area contributed by atoms with Crippen molar-refractivity contribution in [3.05, 3.63) is 48.0 Å². The maximum absolute atomic E-state index is 13.4. The summed E-state index contributed by atoms with van der Waals surface area (Å²) < 4.78 is 5.93. The number of rotatable bonds is 16. The lowest BCUT2D eigenvalue weighted by molar-refractivity contribution is -0.141. The van der Waals surface area contributed by atoms with Crippen molar-refractivity contribution >= 4 is 11.7 Å². The minimum absolute atomic E-state index is 0.101. The monoisotopic (exact) mass is 539 g/mol. The third-order valence-electron chi connectivity index (χ3n) is 8.62. The quantitative estimate of drug-likeness (QED) is 0.175. The number of hydrogen-bond donors (Lipinski definition) is 1. The lowest BCUT2D eigenvalue weighted by atomic mass is 9.89. The van der Waals surface area contributed by atoms with Crippen molar-refractivity contribution in [1.29, 1.82) is 0 Å². The Morgan fingerprint density at radius 3 is 2.62 bits per heavy atom. The molecule has 5 nitrogen and oxygen atoms in total. The molecule has 0 radical (unpaired) electrons. The van der Waals surface area contributed by atoms with Gasteiger partial charge in [0.05, 0.1) is 11.7 Å². The Bertz CT molecular complexity index is 896. The van der Waals surface area contributed by atoms with Crippen LogP contribution in [0.3, 0.4) is 0 Å². The van der Waals surface area contributed by atoms with Crippen LogP contribution in [0.15, 0.2) is 42.5 Å². The van der Waals surface area contributed by atoms with E-state index in [1.165, 1.54) is 5.56 Å². The maximum Gasteiger partial charge on any atom is 0.223 e. The molecule has 1 aromatic rings. The van der Waals surface area contributed by atoms with Crippen LogP contribution in [0.5, 0.6) is 0 Å². The molecule has 0 unspecified atom stereocenters. The van der Waals surface area contributed by atoms with Gasteiger partial charge in [-0.1, -0.05) is 87.9 Å². The van der Waals surface area contributed by atoms with Gasteiger partial charge in [0.15, 0.2) is 0 Å². The molecule has 0 bridgehead atoms. The van der Waals surface area contributed by atoms with E-state index in [4.69, 9.17) is 4.74 Å². The van der Waals surface area contributed by atoms with Gasteiger partial charge >= 0.3 is 0 Å². The van der Waals surface area contributed by atoms with E-state index in [1.54, 1.807) is 0 Å². The van der Waals surface area contributed by atoms with Crippen LogP contribution >= 0.6 is 0 Å². The fourth-order valence-electron chi connectivity index (χ4n) is 6.31. The van der Waals surface area contributed by atoms with E-state index in [-0.39, 0.29) is 35.5 Å². The predicted molar refractivity (Wildman–Crippen MR) is 158 cm³/mol. The second-order valence-electron chi connectivity index (χ2n) is 12.4. The number of Topliss-reactive ketones (excluding diaryl/α,β-unsaturated/α-hetero) is 1. The van der Waals surface area contributed by atoms with Gasteiger partial charge in [-0.25, -0.2) is 0 Å². The average Bonchev–Trinajstić information content (AvgIpc) is 3.27. The SMILES string of the molecule is CCCCC[C@H](O)C=C[C@@H]1CCC(=O)[C@@H]1CCCCCCC(=O)N(Cc1ccccc1)[C@H]1CCOC(C)(C)C1. The molecule has 4 atom stereocenters. The minimum atomic E-state index is -0.390. The summed E-state index contributed by atoms with van der Waals surface area (Å²) in [7, 11) is 0. The van der Waals surface area contributed by atoms with Gasteiger partial charge in [0.25, 0.3) is 0 Å². The highest BCUT2D eigenvalue weighted by Gasteiger charge is 2.34. The second-order valence-corrected chi connectivity index (χ2v) is 12.4. The molecule has 5 heteroatoms. The Kier molecular flexibility index (Phi) is 13.2. The fourth-order valence-corrected chi connectivity index (χ4v) is 6.31. The molecule has 0 spiro atoms. The number of carbonyl (C=O) groups is 2. The molecule has 0 aromatic heterocycles. The highest BCUT2D eigenvalue weighted by atomic mass is 16.5. The van der Waals surface area contributed by atoms with Gasteiger partial charge in [-0.05, 0) is 63.9 Å². The molecule has 1 aromatic carbocycles. The van der Waals surface area contributed by atoms with Gasteiger partial charge in [-0.15, -0.1) is 0 Å². The first-order valence-corrected chi connectivity index (χ1v) is 15.7.